The van der Waals surface area contributed by atoms with Crippen LogP contribution in [0.5, 0.6) is 0 Å². The van der Waals surface area contributed by atoms with Gasteiger partial charge in [-0.2, -0.15) is 4.99 Å². The van der Waals surface area contributed by atoms with Crippen LogP contribution in [0.2, 0.25) is 10.0 Å². The smallest absolute Gasteiger partial charge is 0.337 e. The maximum Gasteiger partial charge on any atom is 0.337 e. The van der Waals surface area contributed by atoms with E-state index in [0.717, 1.165) is 0 Å². The number of aliphatic imine (C=N–C) groups is 2. The second kappa shape index (κ2) is 5.56. The molecule has 7 N–H and O–H groups in total. The quantitative estimate of drug-likeness (QED) is 0.473. The molecule has 0 aliphatic heterocycles. The first-order chi connectivity index (χ1) is 8.31. The van der Waals surface area contributed by atoms with Crippen LogP contribution in [0.4, 0.5) is 5.69 Å². The average Bonchev–Trinajstić information content (AvgIpc) is 2.20. The SMILES string of the molecule is NC(N)=NC(N)=Nc1cc(C(=O)O)c(Cl)cc1Cl. The molecule has 96 valence electrons. The third kappa shape index (κ3) is 3.51. The molecule has 0 aliphatic carbocycles. The lowest BCUT2D eigenvalue weighted by atomic mass is 10.2. The van der Waals surface area contributed by atoms with Gasteiger partial charge in [-0.15, -0.1) is 0 Å². The van der Waals surface area contributed by atoms with Crippen molar-refractivity contribution in [3.05, 3.63) is 27.7 Å². The van der Waals surface area contributed by atoms with E-state index in [4.69, 9.17) is 45.5 Å². The lowest BCUT2D eigenvalue weighted by Crippen LogP contribution is -2.26. The molecule has 7 nitrogen and oxygen atoms in total. The lowest BCUT2D eigenvalue weighted by Gasteiger charge is -2.03. The fourth-order valence-electron chi connectivity index (χ4n) is 1.07. The highest BCUT2D eigenvalue weighted by Crippen LogP contribution is 2.31. The van der Waals surface area contributed by atoms with E-state index in [1.165, 1.54) is 12.1 Å². The summed E-state index contributed by atoms with van der Waals surface area (Å²) in [6.45, 7) is 0. The van der Waals surface area contributed by atoms with E-state index in [9.17, 15) is 4.79 Å². The van der Waals surface area contributed by atoms with Gasteiger partial charge in [0.15, 0.2) is 5.96 Å². The van der Waals surface area contributed by atoms with Crippen molar-refractivity contribution < 1.29 is 9.90 Å². The average molecular weight is 290 g/mol. The van der Waals surface area contributed by atoms with Crippen LogP contribution in [0.15, 0.2) is 22.1 Å². The van der Waals surface area contributed by atoms with Crippen molar-refractivity contribution in [2.45, 2.75) is 0 Å². The van der Waals surface area contributed by atoms with Gasteiger partial charge >= 0.3 is 5.97 Å². The predicted molar refractivity (Wildman–Crippen MR) is 70.5 cm³/mol. The molecule has 0 heterocycles. The van der Waals surface area contributed by atoms with Crippen LogP contribution in [-0.4, -0.2) is 23.0 Å². The van der Waals surface area contributed by atoms with Gasteiger partial charge in [0.05, 0.1) is 21.3 Å². The van der Waals surface area contributed by atoms with Crippen LogP contribution in [0, 0.1) is 0 Å². The summed E-state index contributed by atoms with van der Waals surface area (Å²) in [6.07, 6.45) is 0. The highest BCUT2D eigenvalue weighted by molar-refractivity contribution is 6.38. The zero-order valence-electron chi connectivity index (χ0n) is 8.89. The number of aromatic carboxylic acids is 1. The van der Waals surface area contributed by atoms with Crippen LogP contribution in [0.1, 0.15) is 10.4 Å². The zero-order chi connectivity index (χ0) is 13.9. The minimum atomic E-state index is -1.21. The largest absolute Gasteiger partial charge is 0.478 e. The molecule has 0 radical (unpaired) electrons. The number of carboxylic acid groups (broad SMARTS) is 1. The van der Waals surface area contributed by atoms with E-state index in [0.29, 0.717) is 0 Å². The van der Waals surface area contributed by atoms with Crippen molar-refractivity contribution in [3.63, 3.8) is 0 Å². The Morgan fingerprint density at radius 1 is 1.17 bits per heavy atom. The Labute approximate surface area is 112 Å². The molecule has 0 unspecified atom stereocenters. The van der Waals surface area contributed by atoms with Gasteiger partial charge in [0.1, 0.15) is 0 Å². The third-order valence-corrected chi connectivity index (χ3v) is 2.36. The van der Waals surface area contributed by atoms with Gasteiger partial charge < -0.3 is 22.3 Å². The summed E-state index contributed by atoms with van der Waals surface area (Å²) >= 11 is 11.5. The lowest BCUT2D eigenvalue weighted by molar-refractivity contribution is 0.0697. The molecular formula is C9H9Cl2N5O2. The summed E-state index contributed by atoms with van der Waals surface area (Å²) in [5.74, 6) is -1.75. The van der Waals surface area contributed by atoms with Crippen LogP contribution >= 0.6 is 23.2 Å². The Morgan fingerprint density at radius 3 is 2.28 bits per heavy atom. The highest BCUT2D eigenvalue weighted by Gasteiger charge is 2.12. The van der Waals surface area contributed by atoms with Crippen molar-refractivity contribution in [1.29, 1.82) is 0 Å². The van der Waals surface area contributed by atoms with E-state index in [-0.39, 0.29) is 33.2 Å². The van der Waals surface area contributed by atoms with Gasteiger partial charge in [-0.05, 0) is 12.1 Å². The van der Waals surface area contributed by atoms with E-state index < -0.39 is 5.97 Å². The molecular weight excluding hydrogens is 281 g/mol. The number of carboxylic acids is 1. The van der Waals surface area contributed by atoms with Gasteiger partial charge in [-0.25, -0.2) is 9.79 Å². The topological polar surface area (TPSA) is 140 Å². The normalized spacial score (nSPS) is 11.1. The fourth-order valence-corrected chi connectivity index (χ4v) is 1.57. The molecule has 18 heavy (non-hydrogen) atoms. The minimum absolute atomic E-state index is 0.00754. The summed E-state index contributed by atoms with van der Waals surface area (Å²) in [7, 11) is 0. The molecule has 0 bridgehead atoms. The number of hydrogen-bond acceptors (Lipinski definition) is 2. The van der Waals surface area contributed by atoms with Crippen molar-refractivity contribution in [1.82, 2.24) is 0 Å². The Bertz CT molecular complexity index is 552. The monoisotopic (exact) mass is 289 g/mol. The van der Waals surface area contributed by atoms with Crippen LogP contribution in [0.25, 0.3) is 0 Å². The Balaban J connectivity index is 3.30. The second-order valence-electron chi connectivity index (χ2n) is 3.10. The van der Waals surface area contributed by atoms with E-state index in [2.05, 4.69) is 9.98 Å². The van der Waals surface area contributed by atoms with E-state index >= 15 is 0 Å². The van der Waals surface area contributed by atoms with Crippen LogP contribution < -0.4 is 17.2 Å². The summed E-state index contributed by atoms with van der Waals surface area (Å²) in [5, 5.41) is 9.00. The predicted octanol–water partition coefficient (Wildman–Crippen LogP) is 0.911. The number of hydrogen-bond donors (Lipinski definition) is 4. The molecule has 0 aliphatic rings. The van der Waals surface area contributed by atoms with Crippen LogP contribution in [0.3, 0.4) is 0 Å². The molecule has 0 amide bonds. The Kier molecular flexibility index (Phi) is 4.35. The number of rotatable bonds is 2. The molecule has 1 aromatic carbocycles. The summed E-state index contributed by atoms with van der Waals surface area (Å²) in [6, 6.07) is 2.41. The Hall–Kier alpha value is -1.99. The maximum atomic E-state index is 10.9. The van der Waals surface area contributed by atoms with Gasteiger partial charge in [-0.1, -0.05) is 23.2 Å². The van der Waals surface area contributed by atoms with Crippen LogP contribution in [-0.2, 0) is 0 Å². The Morgan fingerprint density at radius 2 is 1.78 bits per heavy atom. The zero-order valence-corrected chi connectivity index (χ0v) is 10.4. The molecule has 1 aromatic rings. The summed E-state index contributed by atoms with van der Waals surface area (Å²) in [4.78, 5) is 18.1. The molecule has 0 aromatic heterocycles. The van der Waals surface area contributed by atoms with Crippen molar-refractivity contribution in [2.75, 3.05) is 0 Å². The number of halogens is 2. The maximum absolute atomic E-state index is 10.9. The minimum Gasteiger partial charge on any atom is -0.478 e. The van der Waals surface area contributed by atoms with Crippen molar-refractivity contribution >= 4 is 46.8 Å². The number of nitrogens with zero attached hydrogens (tertiary/aromatic N) is 2. The first-order valence-electron chi connectivity index (χ1n) is 4.47. The fraction of sp³-hybridized carbons (Fsp3) is 0. The molecule has 0 saturated carbocycles. The summed E-state index contributed by atoms with van der Waals surface area (Å²) < 4.78 is 0. The first kappa shape index (κ1) is 14.1. The first-order valence-corrected chi connectivity index (χ1v) is 5.23. The summed E-state index contributed by atoms with van der Waals surface area (Å²) in [5.41, 5.74) is 15.6. The number of benzene rings is 1. The molecule has 0 atom stereocenters. The standard InChI is InChI=1S/C9H9Cl2N5O2/c10-4-2-5(11)6(1-3(4)7(17)18)15-9(14)16-8(12)13/h1-2H,(H,17,18)(H6,12,13,14,15,16). The highest BCUT2D eigenvalue weighted by atomic mass is 35.5. The van der Waals surface area contributed by atoms with Gasteiger partial charge in [-0.3, -0.25) is 0 Å². The molecule has 0 saturated heterocycles. The molecule has 9 heteroatoms. The van der Waals surface area contributed by atoms with Gasteiger partial charge in [0.2, 0.25) is 5.96 Å². The van der Waals surface area contributed by atoms with Gasteiger partial charge in [0, 0.05) is 0 Å². The van der Waals surface area contributed by atoms with Crippen molar-refractivity contribution in [3.8, 4) is 0 Å². The molecule has 0 fully saturated rings. The number of guanidine groups is 2. The number of carbonyl (C=O) groups is 1. The second-order valence-corrected chi connectivity index (χ2v) is 3.91. The molecule has 1 rings (SSSR count). The van der Waals surface area contributed by atoms with Crippen molar-refractivity contribution in [2.24, 2.45) is 27.2 Å². The van der Waals surface area contributed by atoms with E-state index in [1.807, 2.05) is 0 Å². The van der Waals surface area contributed by atoms with E-state index in [1.54, 1.807) is 0 Å². The van der Waals surface area contributed by atoms with Gasteiger partial charge in [0.25, 0.3) is 0 Å². The molecule has 0 spiro atoms. The number of nitrogens with two attached hydrogens (primary N) is 3. The third-order valence-electron chi connectivity index (χ3n) is 1.75.